The second-order valence-corrected chi connectivity index (χ2v) is 7.34. The largest absolute Gasteiger partial charge is 0.478 e. The molecule has 6 heteroatoms. The predicted molar refractivity (Wildman–Crippen MR) is 104 cm³/mol. The van der Waals surface area contributed by atoms with Gasteiger partial charge in [0.15, 0.2) is 5.78 Å². The zero-order valence-corrected chi connectivity index (χ0v) is 15.5. The second kappa shape index (κ2) is 8.80. The fraction of sp³-hybridized carbons (Fsp3) is 0.0909. The number of carbonyl (C=O) groups is 2. The molecule has 0 aliphatic carbocycles. The molecule has 0 spiro atoms. The number of carboxylic acids is 1. The Morgan fingerprint density at radius 3 is 2.04 bits per heavy atom. The van der Waals surface area contributed by atoms with E-state index in [2.05, 4.69) is 0 Å². The summed E-state index contributed by atoms with van der Waals surface area (Å²) in [7, 11) is 0. The van der Waals surface area contributed by atoms with Crippen molar-refractivity contribution in [1.29, 1.82) is 0 Å². The van der Waals surface area contributed by atoms with E-state index in [9.17, 15) is 23.5 Å². The fourth-order valence-corrected chi connectivity index (χ4v) is 4.00. The van der Waals surface area contributed by atoms with Crippen LogP contribution in [0.15, 0.2) is 77.7 Å². The van der Waals surface area contributed by atoms with Gasteiger partial charge in [-0.05, 0) is 54.1 Å². The van der Waals surface area contributed by atoms with Crippen LogP contribution < -0.4 is 0 Å². The highest BCUT2D eigenvalue weighted by molar-refractivity contribution is 7.99. The number of halogens is 2. The zero-order chi connectivity index (χ0) is 20.1. The lowest BCUT2D eigenvalue weighted by atomic mass is 10.0. The molecule has 3 nitrogen and oxygen atoms in total. The molecule has 1 N–H and O–H groups in total. The number of aromatic carboxylic acids is 1. The fourth-order valence-electron chi connectivity index (χ4n) is 2.73. The van der Waals surface area contributed by atoms with Gasteiger partial charge in [-0.25, -0.2) is 13.6 Å². The molecule has 0 aliphatic heterocycles. The van der Waals surface area contributed by atoms with E-state index in [0.29, 0.717) is 16.0 Å². The topological polar surface area (TPSA) is 54.4 Å². The van der Waals surface area contributed by atoms with Gasteiger partial charge in [0.1, 0.15) is 11.6 Å². The van der Waals surface area contributed by atoms with E-state index in [-0.39, 0.29) is 17.8 Å². The van der Waals surface area contributed by atoms with Gasteiger partial charge in [0.05, 0.1) is 5.56 Å². The van der Waals surface area contributed by atoms with Gasteiger partial charge in [-0.2, -0.15) is 0 Å². The Morgan fingerprint density at radius 1 is 0.857 bits per heavy atom. The summed E-state index contributed by atoms with van der Waals surface area (Å²) in [6.07, 6.45) is 0.0515. The van der Waals surface area contributed by atoms with Crippen LogP contribution in [-0.2, 0) is 0 Å². The average molecular weight is 398 g/mol. The molecular formula is C22H16F2O3S. The van der Waals surface area contributed by atoms with E-state index in [4.69, 9.17) is 0 Å². The number of thioether (sulfide) groups is 1. The van der Waals surface area contributed by atoms with Crippen molar-refractivity contribution in [2.75, 3.05) is 0 Å². The highest BCUT2D eigenvalue weighted by atomic mass is 32.2. The normalized spacial score (nSPS) is 11.8. The van der Waals surface area contributed by atoms with Crippen molar-refractivity contribution >= 4 is 23.5 Å². The molecule has 0 aliphatic rings. The maximum atomic E-state index is 13.3. The third kappa shape index (κ3) is 4.84. The molecule has 0 unspecified atom stereocenters. The number of hydrogen-bond acceptors (Lipinski definition) is 3. The van der Waals surface area contributed by atoms with Crippen LogP contribution in [-0.4, -0.2) is 16.9 Å². The number of carboxylic acid groups (broad SMARTS) is 1. The van der Waals surface area contributed by atoms with Crippen molar-refractivity contribution in [3.05, 3.63) is 101 Å². The molecule has 0 amide bonds. The molecule has 0 bridgehead atoms. The van der Waals surface area contributed by atoms with Crippen LogP contribution in [0.1, 0.15) is 38.0 Å². The van der Waals surface area contributed by atoms with Gasteiger partial charge in [-0.3, -0.25) is 4.79 Å². The standard InChI is InChI=1S/C22H16F2O3S/c23-16-9-5-14(6-10-16)19(25)13-21(15-7-11-17(24)12-8-15)28-20-4-2-1-3-18(20)22(26)27/h1-12,21H,13H2,(H,26,27)/t21-/m1/s1. The van der Waals surface area contributed by atoms with Gasteiger partial charge in [-0.1, -0.05) is 24.3 Å². The highest BCUT2D eigenvalue weighted by Gasteiger charge is 2.21. The Hall–Kier alpha value is -2.99. The molecule has 0 radical (unpaired) electrons. The first-order chi connectivity index (χ1) is 13.4. The van der Waals surface area contributed by atoms with Crippen molar-refractivity contribution in [3.63, 3.8) is 0 Å². The van der Waals surface area contributed by atoms with Gasteiger partial charge in [-0.15, -0.1) is 11.8 Å². The SMILES string of the molecule is O=C(C[C@@H](Sc1ccccc1C(=O)O)c1ccc(F)cc1)c1ccc(F)cc1. The number of Topliss-reactive ketones (excluding diaryl/α,β-unsaturated/α-hetero) is 1. The van der Waals surface area contributed by atoms with Crippen molar-refractivity contribution in [3.8, 4) is 0 Å². The summed E-state index contributed by atoms with van der Waals surface area (Å²) in [5, 5.41) is 8.97. The zero-order valence-electron chi connectivity index (χ0n) is 14.6. The van der Waals surface area contributed by atoms with Crippen LogP contribution in [0.3, 0.4) is 0 Å². The van der Waals surface area contributed by atoms with Gasteiger partial charge in [0.2, 0.25) is 0 Å². The molecule has 0 saturated heterocycles. The van der Waals surface area contributed by atoms with Crippen LogP contribution in [0.2, 0.25) is 0 Å². The number of rotatable bonds is 7. The number of hydrogen-bond donors (Lipinski definition) is 1. The minimum atomic E-state index is -1.06. The molecule has 28 heavy (non-hydrogen) atoms. The lowest BCUT2D eigenvalue weighted by molar-refractivity contribution is 0.0693. The molecule has 3 aromatic rings. The first kappa shape index (κ1) is 19.8. The molecule has 0 saturated carbocycles. The Labute approximate surface area is 165 Å². The molecular weight excluding hydrogens is 382 g/mol. The highest BCUT2D eigenvalue weighted by Crippen LogP contribution is 2.40. The molecule has 0 heterocycles. The summed E-state index contributed by atoms with van der Waals surface area (Å²) in [6.45, 7) is 0. The maximum absolute atomic E-state index is 13.3. The van der Waals surface area contributed by atoms with Crippen molar-refractivity contribution in [1.82, 2.24) is 0 Å². The van der Waals surface area contributed by atoms with Crippen LogP contribution in [0, 0.1) is 11.6 Å². The Kier molecular flexibility index (Phi) is 6.21. The van der Waals surface area contributed by atoms with E-state index in [1.54, 1.807) is 30.3 Å². The molecule has 0 aromatic heterocycles. The minimum absolute atomic E-state index is 0.0515. The van der Waals surface area contributed by atoms with Crippen molar-refractivity contribution in [2.24, 2.45) is 0 Å². The van der Waals surface area contributed by atoms with Gasteiger partial charge < -0.3 is 5.11 Å². The Bertz CT molecular complexity index is 985. The van der Waals surface area contributed by atoms with Crippen LogP contribution in [0.4, 0.5) is 8.78 Å². The summed E-state index contributed by atoms with van der Waals surface area (Å²) >= 11 is 1.23. The van der Waals surface area contributed by atoms with E-state index in [1.165, 1.54) is 54.2 Å². The molecule has 3 aromatic carbocycles. The van der Waals surface area contributed by atoms with Gasteiger partial charge in [0.25, 0.3) is 0 Å². The van der Waals surface area contributed by atoms with E-state index in [1.807, 2.05) is 0 Å². The van der Waals surface area contributed by atoms with Gasteiger partial charge in [0, 0.05) is 22.1 Å². The molecule has 142 valence electrons. The van der Waals surface area contributed by atoms with E-state index in [0.717, 1.165) is 0 Å². The molecule has 3 rings (SSSR count). The summed E-state index contributed by atoms with van der Waals surface area (Å²) in [5.41, 5.74) is 1.19. The van der Waals surface area contributed by atoms with Crippen LogP contribution >= 0.6 is 11.8 Å². The first-order valence-corrected chi connectivity index (χ1v) is 9.35. The predicted octanol–water partition coefficient (Wildman–Crippen LogP) is 5.77. The molecule has 1 atom stereocenters. The Balaban J connectivity index is 1.91. The number of carbonyl (C=O) groups excluding carboxylic acids is 1. The second-order valence-electron chi connectivity index (χ2n) is 6.09. The van der Waals surface area contributed by atoms with Gasteiger partial charge >= 0.3 is 5.97 Å². The van der Waals surface area contributed by atoms with E-state index < -0.39 is 22.9 Å². The van der Waals surface area contributed by atoms with Crippen LogP contribution in [0.5, 0.6) is 0 Å². The van der Waals surface area contributed by atoms with E-state index >= 15 is 0 Å². The van der Waals surface area contributed by atoms with Crippen molar-refractivity contribution in [2.45, 2.75) is 16.6 Å². The summed E-state index contributed by atoms with van der Waals surface area (Å²) < 4.78 is 26.4. The molecule has 0 fully saturated rings. The van der Waals surface area contributed by atoms with Crippen molar-refractivity contribution < 1.29 is 23.5 Å². The number of ketones is 1. The third-order valence-corrected chi connectivity index (χ3v) is 5.50. The summed E-state index contributed by atoms with van der Waals surface area (Å²) in [4.78, 5) is 24.7. The van der Waals surface area contributed by atoms with Crippen LogP contribution in [0.25, 0.3) is 0 Å². The third-order valence-electron chi connectivity index (χ3n) is 4.17. The summed E-state index contributed by atoms with van der Waals surface area (Å²) in [6, 6.07) is 17.5. The average Bonchev–Trinajstić information content (AvgIpc) is 2.69. The number of benzene rings is 3. The smallest absolute Gasteiger partial charge is 0.336 e. The summed E-state index contributed by atoms with van der Waals surface area (Å²) in [5.74, 6) is -2.11. The lowest BCUT2D eigenvalue weighted by Crippen LogP contribution is -2.07. The minimum Gasteiger partial charge on any atom is -0.478 e. The quantitative estimate of drug-likeness (QED) is 0.406. The maximum Gasteiger partial charge on any atom is 0.336 e. The first-order valence-electron chi connectivity index (χ1n) is 8.47. The Morgan fingerprint density at radius 2 is 1.43 bits per heavy atom. The lowest BCUT2D eigenvalue weighted by Gasteiger charge is -2.18. The monoisotopic (exact) mass is 398 g/mol.